The van der Waals surface area contributed by atoms with Crippen LogP contribution in [0.25, 0.3) is 0 Å². The van der Waals surface area contributed by atoms with Crippen molar-refractivity contribution in [2.24, 2.45) is 5.92 Å². The van der Waals surface area contributed by atoms with Gasteiger partial charge in [0, 0.05) is 37.4 Å². The molecule has 0 aliphatic carbocycles. The number of likely N-dealkylation sites (tertiary alicyclic amines) is 1. The highest BCUT2D eigenvalue weighted by Crippen LogP contribution is 2.22. The van der Waals surface area contributed by atoms with E-state index in [9.17, 15) is 9.18 Å². The van der Waals surface area contributed by atoms with E-state index in [1.54, 1.807) is 11.0 Å². The Bertz CT molecular complexity index is 467. The number of amides is 2. The largest absolute Gasteiger partial charge is 0.494 e. The number of anilines is 1. The number of methoxy groups -OCH3 is 1. The van der Waals surface area contributed by atoms with Gasteiger partial charge in [-0.05, 0) is 18.6 Å². The van der Waals surface area contributed by atoms with Gasteiger partial charge in [-0.2, -0.15) is 0 Å². The third-order valence-corrected chi connectivity index (χ3v) is 3.23. The topological polar surface area (TPSA) is 61.8 Å². The van der Waals surface area contributed by atoms with Crippen molar-refractivity contribution in [2.45, 2.75) is 6.42 Å². The third-order valence-electron chi connectivity index (χ3n) is 3.23. The SMILES string of the molecule is COc1ccc(NC(=O)N2CCC(CO)C2)cc1F. The zero-order chi connectivity index (χ0) is 13.8. The van der Waals surface area contributed by atoms with Gasteiger partial charge >= 0.3 is 6.03 Å². The van der Waals surface area contributed by atoms with Gasteiger partial charge in [0.2, 0.25) is 0 Å². The minimum atomic E-state index is -0.519. The van der Waals surface area contributed by atoms with Gasteiger partial charge in [-0.25, -0.2) is 9.18 Å². The molecule has 5 nitrogen and oxygen atoms in total. The zero-order valence-electron chi connectivity index (χ0n) is 10.7. The Balaban J connectivity index is 1.97. The van der Waals surface area contributed by atoms with Crippen LogP contribution in [0.3, 0.4) is 0 Å². The molecule has 2 rings (SSSR count). The smallest absolute Gasteiger partial charge is 0.321 e. The van der Waals surface area contributed by atoms with Crippen molar-refractivity contribution in [3.05, 3.63) is 24.0 Å². The van der Waals surface area contributed by atoms with Gasteiger partial charge in [0.05, 0.1) is 7.11 Å². The minimum absolute atomic E-state index is 0.0843. The average molecular weight is 268 g/mol. The van der Waals surface area contributed by atoms with Gasteiger partial charge in [-0.1, -0.05) is 0 Å². The summed E-state index contributed by atoms with van der Waals surface area (Å²) in [6.07, 6.45) is 0.793. The van der Waals surface area contributed by atoms with E-state index in [4.69, 9.17) is 9.84 Å². The Morgan fingerprint density at radius 2 is 2.42 bits per heavy atom. The fourth-order valence-electron chi connectivity index (χ4n) is 2.11. The summed E-state index contributed by atoms with van der Waals surface area (Å²) in [5.41, 5.74) is 0.385. The number of halogens is 1. The van der Waals surface area contributed by atoms with Crippen molar-refractivity contribution in [2.75, 3.05) is 32.1 Å². The first-order valence-corrected chi connectivity index (χ1v) is 6.14. The van der Waals surface area contributed by atoms with E-state index in [2.05, 4.69) is 5.32 Å². The Morgan fingerprint density at radius 3 is 3.00 bits per heavy atom. The number of carbonyl (C=O) groups excluding carboxylic acids is 1. The second kappa shape index (κ2) is 5.88. The maximum Gasteiger partial charge on any atom is 0.321 e. The van der Waals surface area contributed by atoms with Crippen molar-refractivity contribution in [3.8, 4) is 5.75 Å². The van der Waals surface area contributed by atoms with E-state index < -0.39 is 5.82 Å². The van der Waals surface area contributed by atoms with E-state index in [-0.39, 0.29) is 24.3 Å². The Labute approximate surface area is 111 Å². The Morgan fingerprint density at radius 1 is 1.63 bits per heavy atom. The summed E-state index contributed by atoms with van der Waals surface area (Å²) in [6, 6.07) is 3.99. The summed E-state index contributed by atoms with van der Waals surface area (Å²) in [4.78, 5) is 13.5. The molecule has 1 aromatic carbocycles. The quantitative estimate of drug-likeness (QED) is 0.876. The number of nitrogens with one attached hydrogen (secondary N) is 1. The number of benzene rings is 1. The van der Waals surface area contributed by atoms with Crippen LogP contribution in [0.2, 0.25) is 0 Å². The molecule has 1 atom stereocenters. The van der Waals surface area contributed by atoms with E-state index in [0.717, 1.165) is 6.42 Å². The summed E-state index contributed by atoms with van der Waals surface area (Å²) in [5, 5.41) is 11.7. The lowest BCUT2D eigenvalue weighted by Crippen LogP contribution is -2.33. The fourth-order valence-corrected chi connectivity index (χ4v) is 2.11. The maximum absolute atomic E-state index is 13.5. The van der Waals surface area contributed by atoms with Crippen molar-refractivity contribution in [3.63, 3.8) is 0 Å². The van der Waals surface area contributed by atoms with Crippen LogP contribution in [-0.2, 0) is 0 Å². The molecule has 1 fully saturated rings. The number of ether oxygens (including phenoxy) is 1. The first-order valence-electron chi connectivity index (χ1n) is 6.14. The van der Waals surface area contributed by atoms with Gasteiger partial charge in [0.15, 0.2) is 11.6 Å². The van der Waals surface area contributed by atoms with Crippen molar-refractivity contribution in [1.29, 1.82) is 0 Å². The molecule has 2 N–H and O–H groups in total. The van der Waals surface area contributed by atoms with Gasteiger partial charge in [-0.3, -0.25) is 0 Å². The standard InChI is InChI=1S/C13H17FN2O3/c1-19-12-3-2-10(6-11(12)14)15-13(18)16-5-4-9(7-16)8-17/h2-3,6,9,17H,4-5,7-8H2,1H3,(H,15,18). The van der Waals surface area contributed by atoms with Crippen molar-refractivity contribution in [1.82, 2.24) is 4.90 Å². The summed E-state index contributed by atoms with van der Waals surface area (Å²) >= 11 is 0. The highest BCUT2D eigenvalue weighted by molar-refractivity contribution is 5.89. The van der Waals surface area contributed by atoms with E-state index in [0.29, 0.717) is 18.8 Å². The molecular weight excluding hydrogens is 251 g/mol. The highest BCUT2D eigenvalue weighted by Gasteiger charge is 2.25. The maximum atomic E-state index is 13.5. The Kier molecular flexibility index (Phi) is 4.21. The average Bonchev–Trinajstić information content (AvgIpc) is 2.88. The predicted octanol–water partition coefficient (Wildman–Crippen LogP) is 1.68. The molecule has 2 amide bonds. The number of aliphatic hydroxyl groups excluding tert-OH is 1. The molecule has 1 saturated heterocycles. The fraction of sp³-hybridized carbons (Fsp3) is 0.462. The summed E-state index contributed by atoms with van der Waals surface area (Å²) in [5.74, 6) is -0.243. The summed E-state index contributed by atoms with van der Waals surface area (Å²) in [7, 11) is 1.38. The van der Waals surface area contributed by atoms with Gasteiger partial charge in [-0.15, -0.1) is 0 Å². The lowest BCUT2D eigenvalue weighted by atomic mass is 10.1. The van der Waals surface area contributed by atoms with E-state index >= 15 is 0 Å². The normalized spacial score (nSPS) is 18.5. The van der Waals surface area contributed by atoms with Crippen LogP contribution in [0.1, 0.15) is 6.42 Å². The van der Waals surface area contributed by atoms with Gasteiger partial charge in [0.25, 0.3) is 0 Å². The molecule has 0 spiro atoms. The molecule has 19 heavy (non-hydrogen) atoms. The number of urea groups is 1. The molecule has 0 saturated carbocycles. The first kappa shape index (κ1) is 13.6. The number of aliphatic hydroxyl groups is 1. The van der Waals surface area contributed by atoms with E-state index in [1.807, 2.05) is 0 Å². The minimum Gasteiger partial charge on any atom is -0.494 e. The summed E-state index contributed by atoms with van der Waals surface area (Å²) in [6.45, 7) is 1.22. The second-order valence-electron chi connectivity index (χ2n) is 4.56. The number of hydrogen-bond acceptors (Lipinski definition) is 3. The molecule has 0 aromatic heterocycles. The van der Waals surface area contributed by atoms with Crippen LogP contribution in [0, 0.1) is 11.7 Å². The number of nitrogens with zero attached hydrogens (tertiary/aromatic N) is 1. The first-order chi connectivity index (χ1) is 9.13. The lowest BCUT2D eigenvalue weighted by molar-refractivity contribution is 0.209. The monoisotopic (exact) mass is 268 g/mol. The lowest BCUT2D eigenvalue weighted by Gasteiger charge is -2.17. The highest BCUT2D eigenvalue weighted by atomic mass is 19.1. The summed E-state index contributed by atoms with van der Waals surface area (Å²) < 4.78 is 18.3. The Hall–Kier alpha value is -1.82. The predicted molar refractivity (Wildman–Crippen MR) is 68.7 cm³/mol. The molecule has 104 valence electrons. The molecule has 0 radical (unpaired) electrons. The van der Waals surface area contributed by atoms with Crippen molar-refractivity contribution < 1.29 is 19.0 Å². The molecule has 1 aliphatic rings. The van der Waals surface area contributed by atoms with Crippen LogP contribution in [0.15, 0.2) is 18.2 Å². The van der Waals surface area contributed by atoms with Crippen LogP contribution in [0.4, 0.5) is 14.9 Å². The molecule has 6 heteroatoms. The van der Waals surface area contributed by atoms with Crippen LogP contribution in [-0.4, -0.2) is 42.8 Å². The van der Waals surface area contributed by atoms with Gasteiger partial charge < -0.3 is 20.1 Å². The molecule has 1 heterocycles. The molecule has 1 aromatic rings. The molecule has 0 bridgehead atoms. The van der Waals surface area contributed by atoms with Crippen LogP contribution >= 0.6 is 0 Å². The number of rotatable bonds is 3. The molecule has 1 unspecified atom stereocenters. The van der Waals surface area contributed by atoms with Crippen LogP contribution in [0.5, 0.6) is 5.75 Å². The zero-order valence-corrected chi connectivity index (χ0v) is 10.7. The van der Waals surface area contributed by atoms with Crippen LogP contribution < -0.4 is 10.1 Å². The molecular formula is C13H17FN2O3. The second-order valence-corrected chi connectivity index (χ2v) is 4.56. The van der Waals surface area contributed by atoms with E-state index in [1.165, 1.54) is 19.2 Å². The number of carbonyl (C=O) groups is 1. The van der Waals surface area contributed by atoms with Crippen molar-refractivity contribution >= 4 is 11.7 Å². The third kappa shape index (κ3) is 3.14. The molecule has 1 aliphatic heterocycles. The number of hydrogen-bond donors (Lipinski definition) is 2. The van der Waals surface area contributed by atoms with Gasteiger partial charge in [0.1, 0.15) is 0 Å².